The fourth-order valence-electron chi connectivity index (χ4n) is 1.33. The molecule has 16 heavy (non-hydrogen) atoms. The first-order valence-electron chi connectivity index (χ1n) is 6.10. The van der Waals surface area contributed by atoms with Gasteiger partial charge in [0.25, 0.3) is 0 Å². The monoisotopic (exact) mass is 678 g/mol. The first-order chi connectivity index (χ1) is 7.54. The van der Waals surface area contributed by atoms with Crippen molar-refractivity contribution in [1.82, 2.24) is 0 Å². The van der Waals surface area contributed by atoms with Crippen molar-refractivity contribution < 1.29 is 0 Å². The fourth-order valence-corrected chi connectivity index (χ4v) is 13.2. The van der Waals surface area contributed by atoms with Crippen LogP contribution in [0.2, 0.25) is 4.47 Å². The van der Waals surface area contributed by atoms with Crippen molar-refractivity contribution in [2.75, 3.05) is 0 Å². The quantitative estimate of drug-likeness (QED) is 0.141. The molecule has 98 valence electrons. The van der Waals surface area contributed by atoms with E-state index in [0.717, 1.165) is 0 Å². The third kappa shape index (κ3) is 9.62. The molecule has 0 aromatic rings. The minimum absolute atomic E-state index is 1.31. The third-order valence-corrected chi connectivity index (χ3v) is 35.9. The Balaban J connectivity index is 3.89. The minimum atomic E-state index is -1.64. The van der Waals surface area contributed by atoms with Crippen molar-refractivity contribution in [1.29, 1.82) is 0 Å². The Morgan fingerprint density at radius 3 is 2.19 bits per heavy atom. The van der Waals surface area contributed by atoms with Crippen LogP contribution in [0.5, 0.6) is 0 Å². The summed E-state index contributed by atoms with van der Waals surface area (Å²) in [6, 6.07) is 0. The van der Waals surface area contributed by atoms with Gasteiger partial charge in [0.1, 0.15) is 0 Å². The van der Waals surface area contributed by atoms with Gasteiger partial charge in [0.05, 0.1) is 0 Å². The number of rotatable bonds is 9. The average molecular weight is 676 g/mol. The van der Waals surface area contributed by atoms with Crippen LogP contribution in [0.3, 0.4) is 0 Å². The van der Waals surface area contributed by atoms with Gasteiger partial charge >= 0.3 is 141 Å². The van der Waals surface area contributed by atoms with E-state index >= 15 is 0 Å². The Hall–Kier alpha value is 2.72. The van der Waals surface area contributed by atoms with Gasteiger partial charge in [-0.1, -0.05) is 0 Å². The van der Waals surface area contributed by atoms with E-state index in [1.54, 1.807) is 1.63 Å². The van der Waals surface area contributed by atoms with Gasteiger partial charge in [-0.05, 0) is 0 Å². The van der Waals surface area contributed by atoms with Crippen molar-refractivity contribution in [2.45, 2.75) is 63.3 Å². The SMILES string of the molecule is CCCCCC/C=C(\I)[Te](I)(I)CCCC. The zero-order chi connectivity index (χ0) is 12.4. The molecule has 0 atom stereocenters. The molecule has 0 aliphatic carbocycles. The molecule has 0 nitrogen and oxygen atoms in total. The molecule has 0 unspecified atom stereocenters. The van der Waals surface area contributed by atoms with Gasteiger partial charge in [-0.15, -0.1) is 0 Å². The summed E-state index contributed by atoms with van der Waals surface area (Å²) in [6.45, 7) is 4.58. The molecule has 4 heteroatoms. The molecular weight excluding hydrogens is 652 g/mol. The second-order valence-electron chi connectivity index (χ2n) is 3.99. The van der Waals surface area contributed by atoms with Gasteiger partial charge < -0.3 is 0 Å². The van der Waals surface area contributed by atoms with E-state index in [1.807, 2.05) is 0 Å². The molecule has 0 bridgehead atoms. The third-order valence-electron chi connectivity index (χ3n) is 2.40. The van der Waals surface area contributed by atoms with Crippen LogP contribution in [0.15, 0.2) is 7.70 Å². The van der Waals surface area contributed by atoms with Crippen molar-refractivity contribution in [3.63, 3.8) is 0 Å². The summed E-state index contributed by atoms with van der Waals surface area (Å²) >= 11 is 8.20. The molecule has 0 saturated heterocycles. The summed E-state index contributed by atoms with van der Waals surface area (Å²) in [5.41, 5.74) is 0. The summed E-state index contributed by atoms with van der Waals surface area (Å²) in [4.78, 5) is 0. The van der Waals surface area contributed by atoms with Crippen molar-refractivity contribution >= 4 is 70.3 Å². The van der Waals surface area contributed by atoms with Crippen molar-refractivity contribution in [3.05, 3.63) is 7.70 Å². The Morgan fingerprint density at radius 1 is 1.00 bits per heavy atom. The Morgan fingerprint density at radius 2 is 1.62 bits per heavy atom. The van der Waals surface area contributed by atoms with Gasteiger partial charge in [0.15, 0.2) is 0 Å². The average Bonchev–Trinajstić information content (AvgIpc) is 2.26. The first kappa shape index (κ1) is 18.7. The Bertz CT molecular complexity index is 202. The topological polar surface area (TPSA) is 0 Å². The molecule has 0 spiro atoms. The molecule has 0 heterocycles. The summed E-state index contributed by atoms with van der Waals surface area (Å²) in [5.74, 6) is 0. The molecule has 0 saturated carbocycles. The van der Waals surface area contributed by atoms with Crippen LogP contribution < -0.4 is 0 Å². The second kappa shape index (κ2) is 11.5. The van der Waals surface area contributed by atoms with Gasteiger partial charge in [0, 0.05) is 0 Å². The summed E-state index contributed by atoms with van der Waals surface area (Å²) in [5, 5.41) is 0. The van der Waals surface area contributed by atoms with Crippen LogP contribution in [0, 0.1) is 0 Å². The van der Waals surface area contributed by atoms with E-state index in [9.17, 15) is 0 Å². The number of unbranched alkanes of at least 4 members (excludes halogenated alkanes) is 5. The van der Waals surface area contributed by atoms with E-state index in [2.05, 4.69) is 79.9 Å². The van der Waals surface area contributed by atoms with Crippen LogP contribution in [0.4, 0.5) is 0 Å². The van der Waals surface area contributed by atoms with Gasteiger partial charge in [-0.3, -0.25) is 0 Å². The zero-order valence-electron chi connectivity index (χ0n) is 10.3. The fraction of sp³-hybridized carbons (Fsp3) is 0.833. The van der Waals surface area contributed by atoms with E-state index < -0.39 is 10.3 Å². The molecule has 0 aliphatic rings. The summed E-state index contributed by atoms with van der Waals surface area (Å²) in [7, 11) is -1.64. The van der Waals surface area contributed by atoms with E-state index in [1.165, 1.54) is 49.4 Å². The van der Waals surface area contributed by atoms with E-state index in [0.29, 0.717) is 0 Å². The summed E-state index contributed by atoms with van der Waals surface area (Å²) in [6.07, 6.45) is 12.2. The van der Waals surface area contributed by atoms with Crippen LogP contribution in [-0.4, -0.2) is 10.3 Å². The maximum atomic E-state index is 2.79. The van der Waals surface area contributed by atoms with E-state index in [4.69, 9.17) is 0 Å². The zero-order valence-corrected chi connectivity index (χ0v) is 19.1. The number of allylic oxidation sites excluding steroid dienone is 1. The van der Waals surface area contributed by atoms with Crippen LogP contribution in [-0.2, 0) is 0 Å². The van der Waals surface area contributed by atoms with Crippen LogP contribution in [0.1, 0.15) is 58.8 Å². The first-order valence-corrected chi connectivity index (χ1v) is 23.6. The van der Waals surface area contributed by atoms with Crippen LogP contribution >= 0.6 is 60.0 Å². The Labute approximate surface area is 139 Å². The van der Waals surface area contributed by atoms with Crippen LogP contribution in [0.25, 0.3) is 0 Å². The van der Waals surface area contributed by atoms with E-state index in [-0.39, 0.29) is 0 Å². The molecule has 0 aromatic carbocycles. The standard InChI is InChI=1S/C12H23I3Te/c1-3-5-7-8-9-10-12(13)16(14,15)11-6-4-2/h10H,3-9,11H2,1-2H3/b12-10+. The van der Waals surface area contributed by atoms with Gasteiger partial charge in [0.2, 0.25) is 0 Å². The Kier molecular flexibility index (Phi) is 13.5. The summed E-state index contributed by atoms with van der Waals surface area (Å²) < 4.78 is 3.22. The van der Waals surface area contributed by atoms with Crippen molar-refractivity contribution in [3.8, 4) is 0 Å². The molecular formula is C12H23I3Te. The number of halogens is 3. The number of hydrogen-bond donors (Lipinski definition) is 0. The maximum absolute atomic E-state index is 2.79. The molecule has 0 radical (unpaired) electrons. The predicted molar refractivity (Wildman–Crippen MR) is 104 cm³/mol. The number of hydrogen-bond acceptors (Lipinski definition) is 0. The molecule has 0 aromatic heterocycles. The molecule has 0 aliphatic heterocycles. The predicted octanol–water partition coefficient (Wildman–Crippen LogP) is 6.93. The second-order valence-corrected chi connectivity index (χ2v) is 44.6. The van der Waals surface area contributed by atoms with Gasteiger partial charge in [-0.2, -0.15) is 0 Å². The molecule has 0 amide bonds. The van der Waals surface area contributed by atoms with Gasteiger partial charge in [-0.25, -0.2) is 0 Å². The van der Waals surface area contributed by atoms with Crippen molar-refractivity contribution in [2.24, 2.45) is 0 Å². The molecule has 0 rings (SSSR count). The molecule has 0 fully saturated rings. The normalized spacial score (nSPS) is 14.2. The molecule has 0 N–H and O–H groups in total.